The zero-order chi connectivity index (χ0) is 18.4. The first kappa shape index (κ1) is 18.8. The van der Waals surface area contributed by atoms with Crippen molar-refractivity contribution in [2.24, 2.45) is 0 Å². The van der Waals surface area contributed by atoms with Gasteiger partial charge in [0.15, 0.2) is 0 Å². The number of hydrogen-bond donors (Lipinski definition) is 0. The van der Waals surface area contributed by atoms with Gasteiger partial charge in [0.2, 0.25) is 5.91 Å². The van der Waals surface area contributed by atoms with Gasteiger partial charge < -0.3 is 24.1 Å². The Morgan fingerprint density at radius 2 is 1.44 bits per heavy atom. The van der Waals surface area contributed by atoms with Crippen molar-refractivity contribution in [2.75, 3.05) is 40.4 Å². The third-order valence-electron chi connectivity index (χ3n) is 4.25. The zero-order valence-corrected chi connectivity index (χ0v) is 14.9. The summed E-state index contributed by atoms with van der Waals surface area (Å²) in [5.74, 6) is 0.710. The van der Waals surface area contributed by atoms with E-state index in [1.165, 1.54) is 21.1 Å². The second kappa shape index (κ2) is 8.50. The van der Waals surface area contributed by atoms with E-state index >= 15 is 0 Å². The summed E-state index contributed by atoms with van der Waals surface area (Å²) in [4.78, 5) is 39.3. The molecule has 0 radical (unpaired) electrons. The lowest BCUT2D eigenvalue weighted by atomic mass is 10.1. The summed E-state index contributed by atoms with van der Waals surface area (Å²) in [7, 11) is 3.02. The van der Waals surface area contributed by atoms with E-state index in [4.69, 9.17) is 9.47 Å². The monoisotopic (exact) mass is 348 g/mol. The molecule has 0 bridgehead atoms. The predicted molar refractivity (Wildman–Crippen MR) is 91.9 cm³/mol. The zero-order valence-electron chi connectivity index (χ0n) is 14.9. The number of benzene rings is 1. The molecule has 136 valence electrons. The topological polar surface area (TPSA) is 76.2 Å². The van der Waals surface area contributed by atoms with Crippen molar-refractivity contribution >= 4 is 17.6 Å². The minimum atomic E-state index is -0.176. The van der Waals surface area contributed by atoms with E-state index in [1.54, 1.807) is 28.0 Å². The van der Waals surface area contributed by atoms with Crippen LogP contribution >= 0.6 is 0 Å². The predicted octanol–water partition coefficient (Wildman–Crippen LogP) is 1.36. The highest BCUT2D eigenvalue weighted by Gasteiger charge is 2.28. The SMILES string of the molecule is COc1cccc(OC)c1C(=O)N1CCN(C(=O)CCC(C)=O)CC1. The molecule has 1 aliphatic heterocycles. The fourth-order valence-corrected chi connectivity index (χ4v) is 2.82. The second-order valence-electron chi connectivity index (χ2n) is 5.91. The first-order valence-electron chi connectivity index (χ1n) is 8.25. The first-order chi connectivity index (χ1) is 12.0. The van der Waals surface area contributed by atoms with Gasteiger partial charge in [0, 0.05) is 39.0 Å². The maximum absolute atomic E-state index is 12.9. The molecule has 2 rings (SSSR count). The van der Waals surface area contributed by atoms with Gasteiger partial charge >= 0.3 is 0 Å². The highest BCUT2D eigenvalue weighted by Crippen LogP contribution is 2.29. The van der Waals surface area contributed by atoms with E-state index in [0.29, 0.717) is 43.2 Å². The van der Waals surface area contributed by atoms with Crippen LogP contribution in [0.15, 0.2) is 18.2 Å². The number of ketones is 1. The molecular formula is C18H24N2O5. The van der Waals surface area contributed by atoms with Crippen molar-refractivity contribution in [1.82, 2.24) is 9.80 Å². The Morgan fingerprint density at radius 1 is 0.920 bits per heavy atom. The van der Waals surface area contributed by atoms with Crippen molar-refractivity contribution in [1.29, 1.82) is 0 Å². The molecule has 7 heteroatoms. The van der Waals surface area contributed by atoms with Crippen LogP contribution in [0.25, 0.3) is 0 Å². The molecule has 1 fully saturated rings. The van der Waals surface area contributed by atoms with Crippen LogP contribution in [0.3, 0.4) is 0 Å². The van der Waals surface area contributed by atoms with Gasteiger partial charge in [-0.05, 0) is 19.1 Å². The summed E-state index contributed by atoms with van der Waals surface area (Å²) >= 11 is 0. The van der Waals surface area contributed by atoms with Crippen molar-refractivity contribution in [3.05, 3.63) is 23.8 Å². The number of nitrogens with zero attached hydrogens (tertiary/aromatic N) is 2. The summed E-state index contributed by atoms with van der Waals surface area (Å²) in [6.07, 6.45) is 0.486. The highest BCUT2D eigenvalue weighted by molar-refractivity contribution is 6.00. The molecule has 0 unspecified atom stereocenters. The van der Waals surface area contributed by atoms with E-state index in [9.17, 15) is 14.4 Å². The number of carbonyl (C=O) groups is 3. The molecule has 1 aromatic rings. The number of amides is 2. The average Bonchev–Trinajstić information content (AvgIpc) is 2.64. The first-order valence-corrected chi connectivity index (χ1v) is 8.25. The molecule has 1 heterocycles. The quantitative estimate of drug-likeness (QED) is 0.776. The van der Waals surface area contributed by atoms with Gasteiger partial charge in [-0.2, -0.15) is 0 Å². The Bertz CT molecular complexity index is 629. The molecule has 0 saturated carbocycles. The Morgan fingerprint density at radius 3 is 1.92 bits per heavy atom. The van der Waals surface area contributed by atoms with E-state index < -0.39 is 0 Å². The summed E-state index contributed by atoms with van der Waals surface area (Å²) < 4.78 is 10.6. The van der Waals surface area contributed by atoms with Crippen LogP contribution < -0.4 is 9.47 Å². The fourth-order valence-electron chi connectivity index (χ4n) is 2.82. The Hall–Kier alpha value is -2.57. The van der Waals surface area contributed by atoms with Crippen molar-refractivity contribution < 1.29 is 23.9 Å². The Labute approximate surface area is 147 Å². The lowest BCUT2D eigenvalue weighted by molar-refractivity contribution is -0.134. The van der Waals surface area contributed by atoms with Crippen LogP contribution in [0, 0.1) is 0 Å². The lowest BCUT2D eigenvalue weighted by Gasteiger charge is -2.35. The highest BCUT2D eigenvalue weighted by atomic mass is 16.5. The van der Waals surface area contributed by atoms with Gasteiger partial charge in [-0.1, -0.05) is 6.07 Å². The van der Waals surface area contributed by atoms with Gasteiger partial charge in [0.25, 0.3) is 5.91 Å². The molecule has 0 atom stereocenters. The summed E-state index contributed by atoms with van der Waals surface area (Å²) in [5, 5.41) is 0. The summed E-state index contributed by atoms with van der Waals surface area (Å²) in [6, 6.07) is 5.20. The minimum absolute atomic E-state index is 0.00503. The lowest BCUT2D eigenvalue weighted by Crippen LogP contribution is -2.50. The largest absolute Gasteiger partial charge is 0.496 e. The van der Waals surface area contributed by atoms with Gasteiger partial charge in [-0.15, -0.1) is 0 Å². The standard InChI is InChI=1S/C18H24N2O5/c1-13(21)7-8-16(22)19-9-11-20(12-10-19)18(23)17-14(24-2)5-4-6-15(17)25-3/h4-6H,7-12H2,1-3H3. The number of ether oxygens (including phenoxy) is 2. The molecular weight excluding hydrogens is 324 g/mol. The molecule has 1 aliphatic rings. The molecule has 0 aliphatic carbocycles. The number of rotatable bonds is 6. The number of carbonyl (C=O) groups excluding carboxylic acids is 3. The maximum Gasteiger partial charge on any atom is 0.261 e. The van der Waals surface area contributed by atoms with E-state index in [2.05, 4.69) is 0 Å². The van der Waals surface area contributed by atoms with Crippen molar-refractivity contribution in [3.63, 3.8) is 0 Å². The van der Waals surface area contributed by atoms with Crippen LogP contribution in [0.5, 0.6) is 11.5 Å². The molecule has 1 aromatic carbocycles. The number of methoxy groups -OCH3 is 2. The third-order valence-corrected chi connectivity index (χ3v) is 4.25. The third kappa shape index (κ3) is 4.49. The van der Waals surface area contributed by atoms with Crippen LogP contribution in [0.2, 0.25) is 0 Å². The fraction of sp³-hybridized carbons (Fsp3) is 0.500. The summed E-state index contributed by atoms with van der Waals surface area (Å²) in [5.41, 5.74) is 0.392. The van der Waals surface area contributed by atoms with Crippen LogP contribution in [0.4, 0.5) is 0 Å². The van der Waals surface area contributed by atoms with Gasteiger partial charge in [0.1, 0.15) is 22.8 Å². The van der Waals surface area contributed by atoms with E-state index in [0.717, 1.165) is 0 Å². The van der Waals surface area contributed by atoms with E-state index in [1.807, 2.05) is 0 Å². The van der Waals surface area contributed by atoms with Gasteiger partial charge in [-0.3, -0.25) is 9.59 Å². The Kier molecular flexibility index (Phi) is 6.38. The molecule has 7 nitrogen and oxygen atoms in total. The maximum atomic E-state index is 12.9. The van der Waals surface area contributed by atoms with Crippen molar-refractivity contribution in [3.8, 4) is 11.5 Å². The summed E-state index contributed by atoms with van der Waals surface area (Å²) in [6.45, 7) is 3.27. The molecule has 2 amide bonds. The smallest absolute Gasteiger partial charge is 0.261 e. The van der Waals surface area contributed by atoms with Gasteiger partial charge in [-0.25, -0.2) is 0 Å². The van der Waals surface area contributed by atoms with E-state index in [-0.39, 0.29) is 30.4 Å². The molecule has 0 N–H and O–H groups in total. The van der Waals surface area contributed by atoms with Crippen molar-refractivity contribution in [2.45, 2.75) is 19.8 Å². The van der Waals surface area contributed by atoms with Crippen LogP contribution in [0.1, 0.15) is 30.1 Å². The minimum Gasteiger partial charge on any atom is -0.496 e. The Balaban J connectivity index is 2.02. The second-order valence-corrected chi connectivity index (χ2v) is 5.91. The molecule has 1 saturated heterocycles. The average molecular weight is 348 g/mol. The van der Waals surface area contributed by atoms with Gasteiger partial charge in [0.05, 0.1) is 14.2 Å². The van der Waals surface area contributed by atoms with Crippen LogP contribution in [-0.2, 0) is 9.59 Å². The number of Topliss-reactive ketones (excluding diaryl/α,β-unsaturated/α-hetero) is 1. The number of hydrogen-bond acceptors (Lipinski definition) is 5. The molecule has 0 aromatic heterocycles. The normalized spacial score (nSPS) is 14.2. The van der Waals surface area contributed by atoms with Crippen LogP contribution in [-0.4, -0.2) is 67.8 Å². The number of piperazine rings is 1. The molecule has 25 heavy (non-hydrogen) atoms. The molecule has 0 spiro atoms.